The van der Waals surface area contributed by atoms with Gasteiger partial charge in [-0.15, -0.1) is 0 Å². The topological polar surface area (TPSA) is 49.9 Å². The molecular weight excluding hydrogens is 238 g/mol. The van der Waals surface area contributed by atoms with Gasteiger partial charge in [0.15, 0.2) is 0 Å². The van der Waals surface area contributed by atoms with E-state index in [0.29, 0.717) is 11.6 Å². The van der Waals surface area contributed by atoms with Gasteiger partial charge in [0, 0.05) is 10.6 Å². The van der Waals surface area contributed by atoms with E-state index in [2.05, 4.69) is 15.3 Å². The fourth-order valence-corrected chi connectivity index (χ4v) is 1.82. The molecule has 90 valence electrons. The van der Waals surface area contributed by atoms with Crippen LogP contribution < -0.4 is 10.1 Å². The smallest absolute Gasteiger partial charge is 0.128 e. The molecule has 0 saturated heterocycles. The zero-order valence-corrected chi connectivity index (χ0v) is 10.5. The number of hydrogen-bond acceptors (Lipinski definition) is 3. The molecule has 0 aliphatic rings. The maximum atomic E-state index is 5.99. The van der Waals surface area contributed by atoms with Crippen molar-refractivity contribution in [1.29, 1.82) is 0 Å². The number of nitrogens with one attached hydrogen (secondary N) is 2. The maximum absolute atomic E-state index is 5.99. The average molecular weight is 252 g/mol. The predicted octanol–water partition coefficient (Wildman–Crippen LogP) is 2.46. The van der Waals surface area contributed by atoms with E-state index >= 15 is 0 Å². The van der Waals surface area contributed by atoms with Gasteiger partial charge in [0.05, 0.1) is 25.5 Å². The molecule has 1 heterocycles. The Kier molecular flexibility index (Phi) is 3.66. The molecule has 0 amide bonds. The van der Waals surface area contributed by atoms with E-state index in [4.69, 9.17) is 16.3 Å². The Bertz CT molecular complexity index is 510. The van der Waals surface area contributed by atoms with Crippen molar-refractivity contribution in [2.24, 2.45) is 0 Å². The summed E-state index contributed by atoms with van der Waals surface area (Å²) in [6.45, 7) is 0.697. The minimum Gasteiger partial charge on any atom is -0.496 e. The molecule has 2 rings (SSSR count). The molecule has 0 atom stereocenters. The van der Waals surface area contributed by atoms with Gasteiger partial charge < -0.3 is 15.0 Å². The number of imidazole rings is 1. The van der Waals surface area contributed by atoms with Crippen LogP contribution in [-0.4, -0.2) is 24.1 Å². The van der Waals surface area contributed by atoms with Crippen LogP contribution in [0.4, 0.5) is 0 Å². The fraction of sp³-hybridized carbons (Fsp3) is 0.250. The third-order valence-electron chi connectivity index (χ3n) is 2.42. The highest BCUT2D eigenvalue weighted by molar-refractivity contribution is 6.30. The maximum Gasteiger partial charge on any atom is 0.128 e. The molecular formula is C12H14ClN3O. The third kappa shape index (κ3) is 2.60. The first-order valence-electron chi connectivity index (χ1n) is 5.27. The number of hydrogen-bond donors (Lipinski definition) is 2. The fourth-order valence-electron chi connectivity index (χ4n) is 1.65. The number of halogens is 1. The van der Waals surface area contributed by atoms with Crippen molar-refractivity contribution in [2.45, 2.75) is 6.54 Å². The third-order valence-corrected chi connectivity index (χ3v) is 2.66. The van der Waals surface area contributed by atoms with Crippen molar-refractivity contribution in [1.82, 2.24) is 15.3 Å². The number of H-pyrrole nitrogens is 1. The summed E-state index contributed by atoms with van der Waals surface area (Å²) in [5.41, 5.74) is 1.81. The molecule has 0 saturated carbocycles. The minimum atomic E-state index is 0.672. The Balaban J connectivity index is 2.40. The highest BCUT2D eigenvalue weighted by Crippen LogP contribution is 2.31. The van der Waals surface area contributed by atoms with E-state index < -0.39 is 0 Å². The molecule has 5 heteroatoms. The van der Waals surface area contributed by atoms with Gasteiger partial charge in [-0.05, 0) is 25.2 Å². The van der Waals surface area contributed by atoms with Crippen molar-refractivity contribution < 1.29 is 4.74 Å². The molecule has 2 aromatic rings. The second-order valence-electron chi connectivity index (χ2n) is 3.62. The molecule has 0 fully saturated rings. The van der Waals surface area contributed by atoms with Gasteiger partial charge in [-0.3, -0.25) is 0 Å². The molecule has 1 aromatic carbocycles. The number of aromatic nitrogens is 2. The molecule has 0 aliphatic heterocycles. The molecule has 0 spiro atoms. The number of rotatable bonds is 4. The van der Waals surface area contributed by atoms with E-state index in [-0.39, 0.29) is 0 Å². The zero-order chi connectivity index (χ0) is 12.3. The quantitative estimate of drug-likeness (QED) is 0.878. The molecule has 17 heavy (non-hydrogen) atoms. The van der Waals surface area contributed by atoms with Crippen molar-refractivity contribution >= 4 is 11.6 Å². The van der Waals surface area contributed by atoms with Crippen molar-refractivity contribution in [3.63, 3.8) is 0 Å². The Morgan fingerprint density at radius 2 is 2.29 bits per heavy atom. The van der Waals surface area contributed by atoms with Crippen LogP contribution in [0.15, 0.2) is 24.4 Å². The van der Waals surface area contributed by atoms with Crippen LogP contribution >= 0.6 is 11.6 Å². The summed E-state index contributed by atoms with van der Waals surface area (Å²) < 4.78 is 5.30. The molecule has 1 aromatic heterocycles. The molecule has 0 bridgehead atoms. The lowest BCUT2D eigenvalue weighted by Crippen LogP contribution is -2.06. The van der Waals surface area contributed by atoms with Gasteiger partial charge in [-0.25, -0.2) is 4.98 Å². The van der Waals surface area contributed by atoms with Gasteiger partial charge in [-0.1, -0.05) is 11.6 Å². The average Bonchev–Trinajstić information content (AvgIpc) is 2.78. The minimum absolute atomic E-state index is 0.672. The Morgan fingerprint density at radius 3 is 3.00 bits per heavy atom. The summed E-state index contributed by atoms with van der Waals surface area (Å²) >= 11 is 5.99. The Morgan fingerprint density at radius 1 is 1.47 bits per heavy atom. The number of aromatic amines is 1. The largest absolute Gasteiger partial charge is 0.496 e. The second-order valence-corrected chi connectivity index (χ2v) is 4.05. The number of nitrogens with zero attached hydrogens (tertiary/aromatic N) is 1. The molecule has 0 unspecified atom stereocenters. The lowest BCUT2D eigenvalue weighted by Gasteiger charge is -2.06. The lowest BCUT2D eigenvalue weighted by molar-refractivity contribution is 0.416. The van der Waals surface area contributed by atoms with Crippen LogP contribution in [0, 0.1) is 0 Å². The van der Waals surface area contributed by atoms with Gasteiger partial charge in [0.2, 0.25) is 0 Å². The molecule has 2 N–H and O–H groups in total. The van der Waals surface area contributed by atoms with Crippen LogP contribution in [0.25, 0.3) is 11.3 Å². The van der Waals surface area contributed by atoms with E-state index in [1.54, 1.807) is 19.4 Å². The summed E-state index contributed by atoms with van der Waals surface area (Å²) in [6, 6.07) is 5.50. The molecule has 0 radical (unpaired) electrons. The number of benzene rings is 1. The van der Waals surface area contributed by atoms with E-state index in [0.717, 1.165) is 22.8 Å². The van der Waals surface area contributed by atoms with Crippen LogP contribution in [-0.2, 0) is 6.54 Å². The standard InChI is InChI=1S/C12H14ClN3O/c1-14-7-12-15-6-10(16-12)9-5-8(13)3-4-11(9)17-2/h3-6,14H,7H2,1-2H3,(H,15,16). The van der Waals surface area contributed by atoms with Crippen LogP contribution in [0.5, 0.6) is 5.75 Å². The van der Waals surface area contributed by atoms with E-state index in [1.165, 1.54) is 0 Å². The van der Waals surface area contributed by atoms with Gasteiger partial charge >= 0.3 is 0 Å². The zero-order valence-electron chi connectivity index (χ0n) is 9.75. The first kappa shape index (κ1) is 12.0. The van der Waals surface area contributed by atoms with E-state index in [1.807, 2.05) is 19.2 Å². The molecule has 4 nitrogen and oxygen atoms in total. The second kappa shape index (κ2) is 5.21. The Labute approximate surface area is 105 Å². The summed E-state index contributed by atoms with van der Waals surface area (Å²) in [7, 11) is 3.51. The first-order chi connectivity index (χ1) is 8.24. The molecule has 0 aliphatic carbocycles. The lowest BCUT2D eigenvalue weighted by atomic mass is 10.1. The van der Waals surface area contributed by atoms with Crippen molar-refractivity contribution in [3.05, 3.63) is 35.2 Å². The van der Waals surface area contributed by atoms with Crippen LogP contribution in [0.3, 0.4) is 0 Å². The van der Waals surface area contributed by atoms with Crippen molar-refractivity contribution in [3.8, 4) is 17.0 Å². The highest BCUT2D eigenvalue weighted by atomic mass is 35.5. The summed E-state index contributed by atoms with van der Waals surface area (Å²) in [4.78, 5) is 7.49. The van der Waals surface area contributed by atoms with E-state index in [9.17, 15) is 0 Å². The van der Waals surface area contributed by atoms with Gasteiger partial charge in [0.25, 0.3) is 0 Å². The van der Waals surface area contributed by atoms with Crippen LogP contribution in [0.1, 0.15) is 5.82 Å². The van der Waals surface area contributed by atoms with Gasteiger partial charge in [-0.2, -0.15) is 0 Å². The number of ether oxygens (including phenoxy) is 1. The summed E-state index contributed by atoms with van der Waals surface area (Å²) in [6.07, 6.45) is 1.78. The monoisotopic (exact) mass is 251 g/mol. The van der Waals surface area contributed by atoms with Gasteiger partial charge in [0.1, 0.15) is 11.6 Å². The predicted molar refractivity (Wildman–Crippen MR) is 68.3 cm³/mol. The normalized spacial score (nSPS) is 10.5. The summed E-state index contributed by atoms with van der Waals surface area (Å²) in [5, 5.41) is 3.71. The summed E-state index contributed by atoms with van der Waals surface area (Å²) in [5.74, 6) is 1.65. The highest BCUT2D eigenvalue weighted by Gasteiger charge is 2.09. The Hall–Kier alpha value is -1.52. The van der Waals surface area contributed by atoms with Crippen LogP contribution in [0.2, 0.25) is 5.02 Å². The number of methoxy groups -OCH3 is 1. The van der Waals surface area contributed by atoms with Crippen molar-refractivity contribution in [2.75, 3.05) is 14.2 Å². The SMILES string of the molecule is CNCc1ncc(-c2cc(Cl)ccc2OC)[nH]1. The first-order valence-corrected chi connectivity index (χ1v) is 5.64.